The molecule has 0 atom stereocenters. The van der Waals surface area contributed by atoms with Crippen LogP contribution in [-0.4, -0.2) is 11.5 Å². The van der Waals surface area contributed by atoms with E-state index in [0.717, 1.165) is 12.0 Å². The quantitative estimate of drug-likeness (QED) is 0.505. The molecule has 1 aromatic carbocycles. The van der Waals surface area contributed by atoms with Gasteiger partial charge in [-0.2, -0.15) is 0 Å². The van der Waals surface area contributed by atoms with Gasteiger partial charge in [0.05, 0.1) is 11.5 Å². The molecule has 0 aliphatic carbocycles. The van der Waals surface area contributed by atoms with E-state index in [1.807, 2.05) is 12.2 Å². The molecule has 0 N–H and O–H groups in total. The van der Waals surface area contributed by atoms with Gasteiger partial charge in [-0.3, -0.25) is 10.1 Å². The molecule has 4 nitrogen and oxygen atoms in total. The van der Waals surface area contributed by atoms with Crippen LogP contribution in [0, 0.1) is 10.1 Å². The monoisotopic (exact) mass is 191 g/mol. The molecule has 0 bridgehead atoms. The molecule has 2 rings (SSSR count). The Morgan fingerprint density at radius 2 is 2.29 bits per heavy atom. The van der Waals surface area contributed by atoms with Crippen LogP contribution in [0.1, 0.15) is 12.0 Å². The van der Waals surface area contributed by atoms with Gasteiger partial charge < -0.3 is 4.74 Å². The zero-order valence-electron chi connectivity index (χ0n) is 7.47. The molecule has 4 heteroatoms. The van der Waals surface area contributed by atoms with Gasteiger partial charge in [-0.05, 0) is 12.5 Å². The fraction of sp³-hybridized carbons (Fsp3) is 0.200. The van der Waals surface area contributed by atoms with Gasteiger partial charge in [-0.1, -0.05) is 12.2 Å². The SMILES string of the molecule is O=[N+]([O-])c1ccc2c(c1)C=CCCO2. The number of nitro benzene ring substituents is 1. The van der Waals surface area contributed by atoms with Crippen LogP contribution in [0.25, 0.3) is 6.08 Å². The van der Waals surface area contributed by atoms with Gasteiger partial charge >= 0.3 is 0 Å². The lowest BCUT2D eigenvalue weighted by Crippen LogP contribution is -1.95. The molecule has 1 aromatic rings. The van der Waals surface area contributed by atoms with Gasteiger partial charge in [0.2, 0.25) is 0 Å². The highest BCUT2D eigenvalue weighted by molar-refractivity contribution is 5.61. The lowest BCUT2D eigenvalue weighted by atomic mass is 10.1. The molecule has 1 aliphatic heterocycles. The number of benzene rings is 1. The fourth-order valence-electron chi connectivity index (χ4n) is 1.36. The van der Waals surface area contributed by atoms with E-state index in [9.17, 15) is 10.1 Å². The summed E-state index contributed by atoms with van der Waals surface area (Å²) in [4.78, 5) is 10.1. The van der Waals surface area contributed by atoms with Crippen molar-refractivity contribution in [3.05, 3.63) is 40.0 Å². The normalized spacial score (nSPS) is 14.0. The van der Waals surface area contributed by atoms with E-state index in [1.54, 1.807) is 6.07 Å². The van der Waals surface area contributed by atoms with Crippen molar-refractivity contribution >= 4 is 11.8 Å². The summed E-state index contributed by atoms with van der Waals surface area (Å²) in [5.41, 5.74) is 0.871. The number of ether oxygens (including phenoxy) is 1. The second-order valence-corrected chi connectivity index (χ2v) is 3.02. The highest BCUT2D eigenvalue weighted by Crippen LogP contribution is 2.27. The Labute approximate surface area is 81.0 Å². The van der Waals surface area contributed by atoms with Gasteiger partial charge in [0, 0.05) is 17.7 Å². The first-order valence-corrected chi connectivity index (χ1v) is 4.35. The van der Waals surface area contributed by atoms with Gasteiger partial charge in [-0.25, -0.2) is 0 Å². The second kappa shape index (κ2) is 3.49. The maximum Gasteiger partial charge on any atom is 0.270 e. The smallest absolute Gasteiger partial charge is 0.270 e. The zero-order valence-corrected chi connectivity index (χ0v) is 7.47. The Hall–Kier alpha value is -1.84. The Morgan fingerprint density at radius 1 is 1.43 bits per heavy atom. The van der Waals surface area contributed by atoms with E-state index in [0.29, 0.717) is 12.4 Å². The van der Waals surface area contributed by atoms with Crippen LogP contribution < -0.4 is 4.74 Å². The predicted molar refractivity (Wildman–Crippen MR) is 52.2 cm³/mol. The molecule has 0 amide bonds. The molecule has 0 saturated heterocycles. The third-order valence-corrected chi connectivity index (χ3v) is 2.04. The van der Waals surface area contributed by atoms with E-state index >= 15 is 0 Å². The molecule has 14 heavy (non-hydrogen) atoms. The summed E-state index contributed by atoms with van der Waals surface area (Å²) < 4.78 is 5.40. The summed E-state index contributed by atoms with van der Waals surface area (Å²) in [7, 11) is 0. The maximum atomic E-state index is 10.5. The number of fused-ring (bicyclic) bond motifs is 1. The van der Waals surface area contributed by atoms with E-state index in [2.05, 4.69) is 0 Å². The van der Waals surface area contributed by atoms with Gasteiger partial charge in [0.25, 0.3) is 5.69 Å². The first kappa shape index (κ1) is 8.74. The second-order valence-electron chi connectivity index (χ2n) is 3.02. The summed E-state index contributed by atoms with van der Waals surface area (Å²) in [6, 6.07) is 4.62. The Kier molecular flexibility index (Phi) is 2.18. The summed E-state index contributed by atoms with van der Waals surface area (Å²) >= 11 is 0. The molecule has 0 fully saturated rings. The molecule has 0 radical (unpaired) electrons. The average Bonchev–Trinajstić information content (AvgIpc) is 2.41. The molecule has 0 saturated carbocycles. The molecule has 0 aromatic heterocycles. The van der Waals surface area contributed by atoms with Crippen molar-refractivity contribution in [2.45, 2.75) is 6.42 Å². The summed E-state index contributed by atoms with van der Waals surface area (Å²) in [5.74, 6) is 0.712. The van der Waals surface area contributed by atoms with Crippen LogP contribution in [0.15, 0.2) is 24.3 Å². The fourth-order valence-corrected chi connectivity index (χ4v) is 1.36. The number of nitro groups is 1. The summed E-state index contributed by atoms with van der Waals surface area (Å²) in [6.45, 7) is 0.626. The Bertz CT molecular complexity index is 398. The lowest BCUT2D eigenvalue weighted by molar-refractivity contribution is -0.384. The molecule has 0 unspecified atom stereocenters. The van der Waals surface area contributed by atoms with Crippen molar-refractivity contribution in [3.63, 3.8) is 0 Å². The van der Waals surface area contributed by atoms with Crippen LogP contribution in [-0.2, 0) is 0 Å². The van der Waals surface area contributed by atoms with Crippen LogP contribution in [0.3, 0.4) is 0 Å². The van der Waals surface area contributed by atoms with Crippen LogP contribution in [0.4, 0.5) is 5.69 Å². The molecular weight excluding hydrogens is 182 g/mol. The minimum Gasteiger partial charge on any atom is -0.493 e. The van der Waals surface area contributed by atoms with Crippen LogP contribution in [0.2, 0.25) is 0 Å². The topological polar surface area (TPSA) is 52.4 Å². The molecular formula is C10H9NO3. The van der Waals surface area contributed by atoms with Crippen molar-refractivity contribution in [3.8, 4) is 5.75 Å². The summed E-state index contributed by atoms with van der Waals surface area (Å²) in [6.07, 6.45) is 4.65. The van der Waals surface area contributed by atoms with E-state index < -0.39 is 4.92 Å². The Balaban J connectivity index is 2.45. The standard InChI is InChI=1S/C10H9NO3/c12-11(13)9-4-5-10-8(7-9)3-1-2-6-14-10/h1,3-5,7H,2,6H2. The van der Waals surface area contributed by atoms with Gasteiger partial charge in [0.15, 0.2) is 0 Å². The van der Waals surface area contributed by atoms with Crippen molar-refractivity contribution < 1.29 is 9.66 Å². The van der Waals surface area contributed by atoms with Gasteiger partial charge in [-0.15, -0.1) is 0 Å². The first-order valence-electron chi connectivity index (χ1n) is 4.35. The number of non-ortho nitro benzene ring substituents is 1. The third kappa shape index (κ3) is 1.59. The molecule has 1 heterocycles. The highest BCUT2D eigenvalue weighted by Gasteiger charge is 2.10. The van der Waals surface area contributed by atoms with Crippen molar-refractivity contribution in [1.29, 1.82) is 0 Å². The number of hydrogen-bond acceptors (Lipinski definition) is 3. The first-order chi connectivity index (χ1) is 6.77. The van der Waals surface area contributed by atoms with E-state index in [-0.39, 0.29) is 5.69 Å². The number of rotatable bonds is 1. The average molecular weight is 191 g/mol. The van der Waals surface area contributed by atoms with E-state index in [1.165, 1.54) is 12.1 Å². The van der Waals surface area contributed by atoms with Crippen LogP contribution >= 0.6 is 0 Å². The van der Waals surface area contributed by atoms with Crippen LogP contribution in [0.5, 0.6) is 5.75 Å². The lowest BCUT2D eigenvalue weighted by Gasteiger charge is -2.04. The summed E-state index contributed by atoms with van der Waals surface area (Å²) in [5, 5.41) is 10.5. The Morgan fingerprint density at radius 3 is 3.07 bits per heavy atom. The van der Waals surface area contributed by atoms with Crippen molar-refractivity contribution in [1.82, 2.24) is 0 Å². The highest BCUT2D eigenvalue weighted by atomic mass is 16.6. The minimum absolute atomic E-state index is 0.0962. The third-order valence-electron chi connectivity index (χ3n) is 2.04. The van der Waals surface area contributed by atoms with Crippen molar-refractivity contribution in [2.24, 2.45) is 0 Å². The van der Waals surface area contributed by atoms with Crippen molar-refractivity contribution in [2.75, 3.05) is 6.61 Å². The van der Waals surface area contributed by atoms with E-state index in [4.69, 9.17) is 4.74 Å². The molecule has 1 aliphatic rings. The largest absolute Gasteiger partial charge is 0.493 e. The predicted octanol–water partition coefficient (Wildman–Crippen LogP) is 2.39. The zero-order chi connectivity index (χ0) is 9.97. The molecule has 72 valence electrons. The maximum absolute atomic E-state index is 10.5. The minimum atomic E-state index is -0.404. The molecule has 0 spiro atoms. The number of hydrogen-bond donors (Lipinski definition) is 0. The number of nitrogens with zero attached hydrogens (tertiary/aromatic N) is 1. The van der Waals surface area contributed by atoms with Gasteiger partial charge in [0.1, 0.15) is 5.75 Å².